The molecule has 0 amide bonds. The molecule has 1 aromatic rings. The molecule has 1 saturated carbocycles. The van der Waals surface area contributed by atoms with Gasteiger partial charge in [0.15, 0.2) is 0 Å². The fraction of sp³-hybridized carbons (Fsp3) is 0.733. The number of hydrogen-bond donors (Lipinski definition) is 2. The van der Waals surface area contributed by atoms with E-state index in [1.54, 1.807) is 6.07 Å². The SMILES string of the molecule is CCNCCc1ccc(S(=O)(=O)NC2CCCCC2C)s1. The number of thiophene rings is 1. The van der Waals surface area contributed by atoms with Crippen LogP contribution in [0.3, 0.4) is 0 Å². The molecule has 0 aromatic carbocycles. The Kier molecular flexibility index (Phi) is 6.22. The molecule has 2 atom stereocenters. The van der Waals surface area contributed by atoms with Crippen molar-refractivity contribution >= 4 is 21.4 Å². The number of nitrogens with one attached hydrogen (secondary N) is 2. The molecular formula is C15H26N2O2S2. The molecule has 0 aliphatic heterocycles. The molecular weight excluding hydrogens is 304 g/mol. The van der Waals surface area contributed by atoms with Crippen molar-refractivity contribution in [3.05, 3.63) is 17.0 Å². The van der Waals surface area contributed by atoms with Crippen molar-refractivity contribution in [2.45, 2.75) is 56.2 Å². The Labute approximate surface area is 132 Å². The number of rotatable bonds is 7. The minimum Gasteiger partial charge on any atom is -0.317 e. The topological polar surface area (TPSA) is 58.2 Å². The molecule has 2 N–H and O–H groups in total. The minimum atomic E-state index is -3.35. The van der Waals surface area contributed by atoms with E-state index in [9.17, 15) is 8.42 Å². The van der Waals surface area contributed by atoms with Crippen LogP contribution in [0, 0.1) is 5.92 Å². The average molecular weight is 331 g/mol. The number of hydrogen-bond acceptors (Lipinski definition) is 4. The molecule has 0 bridgehead atoms. The number of likely N-dealkylation sites (N-methyl/N-ethyl adjacent to an activating group) is 1. The minimum absolute atomic E-state index is 0.0936. The summed E-state index contributed by atoms with van der Waals surface area (Å²) in [5.41, 5.74) is 0. The largest absolute Gasteiger partial charge is 0.317 e. The molecule has 21 heavy (non-hydrogen) atoms. The van der Waals surface area contributed by atoms with Crippen LogP contribution in [0.5, 0.6) is 0 Å². The van der Waals surface area contributed by atoms with Crippen LogP contribution in [-0.2, 0) is 16.4 Å². The summed E-state index contributed by atoms with van der Waals surface area (Å²) in [6.07, 6.45) is 5.29. The average Bonchev–Trinajstić information content (AvgIpc) is 2.91. The van der Waals surface area contributed by atoms with Gasteiger partial charge in [-0.2, -0.15) is 0 Å². The highest BCUT2D eigenvalue weighted by Crippen LogP contribution is 2.27. The van der Waals surface area contributed by atoms with E-state index in [1.807, 2.05) is 6.07 Å². The molecule has 1 aliphatic rings. The lowest BCUT2D eigenvalue weighted by molar-refractivity contribution is 0.310. The lowest BCUT2D eigenvalue weighted by Gasteiger charge is -2.28. The maximum absolute atomic E-state index is 12.5. The van der Waals surface area contributed by atoms with Crippen molar-refractivity contribution < 1.29 is 8.42 Å². The number of sulfonamides is 1. The normalized spacial score (nSPS) is 23.3. The smallest absolute Gasteiger partial charge is 0.250 e. The molecule has 1 aliphatic carbocycles. The fourth-order valence-corrected chi connectivity index (χ4v) is 5.53. The monoisotopic (exact) mass is 330 g/mol. The van der Waals surface area contributed by atoms with Gasteiger partial charge in [0.25, 0.3) is 0 Å². The van der Waals surface area contributed by atoms with Crippen LogP contribution >= 0.6 is 11.3 Å². The molecule has 2 unspecified atom stereocenters. The summed E-state index contributed by atoms with van der Waals surface area (Å²) in [4.78, 5) is 1.12. The van der Waals surface area contributed by atoms with Crippen molar-refractivity contribution in [2.75, 3.05) is 13.1 Å². The van der Waals surface area contributed by atoms with Gasteiger partial charge in [0, 0.05) is 10.9 Å². The first kappa shape index (κ1) is 16.9. The summed E-state index contributed by atoms with van der Waals surface area (Å²) >= 11 is 1.39. The van der Waals surface area contributed by atoms with Gasteiger partial charge in [-0.05, 0) is 50.4 Å². The Bertz CT molecular complexity index is 540. The van der Waals surface area contributed by atoms with E-state index in [2.05, 4.69) is 23.9 Å². The third kappa shape index (κ3) is 4.77. The van der Waals surface area contributed by atoms with Crippen molar-refractivity contribution in [1.82, 2.24) is 10.0 Å². The van der Waals surface area contributed by atoms with Crippen LogP contribution in [-0.4, -0.2) is 27.5 Å². The Balaban J connectivity index is 1.98. The molecule has 1 aromatic heterocycles. The van der Waals surface area contributed by atoms with Crippen LogP contribution in [0.25, 0.3) is 0 Å². The third-order valence-corrected chi connectivity index (χ3v) is 7.24. The van der Waals surface area contributed by atoms with E-state index in [1.165, 1.54) is 17.8 Å². The highest BCUT2D eigenvalue weighted by Gasteiger charge is 2.27. The van der Waals surface area contributed by atoms with Gasteiger partial charge in [0.1, 0.15) is 4.21 Å². The Morgan fingerprint density at radius 3 is 2.76 bits per heavy atom. The Hall–Kier alpha value is -0.430. The van der Waals surface area contributed by atoms with E-state index in [4.69, 9.17) is 0 Å². The van der Waals surface area contributed by atoms with Crippen LogP contribution in [0.1, 0.15) is 44.4 Å². The Morgan fingerprint density at radius 2 is 2.05 bits per heavy atom. The maximum Gasteiger partial charge on any atom is 0.250 e. The van der Waals surface area contributed by atoms with Gasteiger partial charge in [-0.1, -0.05) is 26.7 Å². The van der Waals surface area contributed by atoms with Gasteiger partial charge in [-0.3, -0.25) is 0 Å². The van der Waals surface area contributed by atoms with Gasteiger partial charge in [0.05, 0.1) is 0 Å². The van der Waals surface area contributed by atoms with Crippen LogP contribution in [0.4, 0.5) is 0 Å². The molecule has 6 heteroatoms. The van der Waals surface area contributed by atoms with Crippen molar-refractivity contribution in [2.24, 2.45) is 5.92 Å². The van der Waals surface area contributed by atoms with E-state index < -0.39 is 10.0 Å². The molecule has 1 heterocycles. The first-order valence-corrected chi connectivity index (χ1v) is 10.1. The molecule has 1 fully saturated rings. The molecule has 4 nitrogen and oxygen atoms in total. The highest BCUT2D eigenvalue weighted by atomic mass is 32.2. The summed E-state index contributed by atoms with van der Waals surface area (Å²) in [6.45, 7) is 6.05. The van der Waals surface area contributed by atoms with Gasteiger partial charge in [-0.15, -0.1) is 11.3 Å². The summed E-state index contributed by atoms with van der Waals surface area (Å²) in [6, 6.07) is 3.76. The second kappa shape index (κ2) is 7.72. The first-order chi connectivity index (χ1) is 10.0. The molecule has 0 spiro atoms. The second-order valence-corrected chi connectivity index (χ2v) is 8.92. The summed E-state index contributed by atoms with van der Waals surface area (Å²) in [5, 5.41) is 3.26. The summed E-state index contributed by atoms with van der Waals surface area (Å²) in [5.74, 6) is 0.432. The maximum atomic E-state index is 12.5. The van der Waals surface area contributed by atoms with E-state index in [0.29, 0.717) is 10.1 Å². The van der Waals surface area contributed by atoms with E-state index in [-0.39, 0.29) is 6.04 Å². The predicted molar refractivity (Wildman–Crippen MR) is 88.3 cm³/mol. The highest BCUT2D eigenvalue weighted by molar-refractivity contribution is 7.91. The second-order valence-electron chi connectivity index (χ2n) is 5.81. The standard InChI is InChI=1S/C15H26N2O2S2/c1-3-16-11-10-13-8-9-15(20-13)21(18,19)17-14-7-5-4-6-12(14)2/h8-9,12,14,16-17H,3-7,10-11H2,1-2H3. The summed E-state index contributed by atoms with van der Waals surface area (Å²) in [7, 11) is -3.35. The van der Waals surface area contributed by atoms with Crippen molar-refractivity contribution in [3.8, 4) is 0 Å². The van der Waals surface area contributed by atoms with Crippen molar-refractivity contribution in [3.63, 3.8) is 0 Å². The lowest BCUT2D eigenvalue weighted by atomic mass is 9.87. The van der Waals surface area contributed by atoms with Crippen LogP contribution < -0.4 is 10.0 Å². The zero-order chi connectivity index (χ0) is 15.3. The van der Waals surface area contributed by atoms with Crippen LogP contribution in [0.15, 0.2) is 16.3 Å². The van der Waals surface area contributed by atoms with E-state index in [0.717, 1.165) is 43.6 Å². The molecule has 0 saturated heterocycles. The lowest BCUT2D eigenvalue weighted by Crippen LogP contribution is -2.40. The summed E-state index contributed by atoms with van der Waals surface area (Å²) < 4.78 is 28.3. The zero-order valence-corrected chi connectivity index (χ0v) is 14.5. The zero-order valence-electron chi connectivity index (χ0n) is 12.9. The van der Waals surface area contributed by atoms with Crippen LogP contribution in [0.2, 0.25) is 0 Å². The predicted octanol–water partition coefficient (Wildman–Crippen LogP) is 2.76. The van der Waals surface area contributed by atoms with E-state index >= 15 is 0 Å². The fourth-order valence-electron chi connectivity index (χ4n) is 2.77. The molecule has 120 valence electrons. The Morgan fingerprint density at radius 1 is 1.29 bits per heavy atom. The first-order valence-electron chi connectivity index (χ1n) is 7.84. The quantitative estimate of drug-likeness (QED) is 0.756. The van der Waals surface area contributed by atoms with Gasteiger partial charge in [0.2, 0.25) is 10.0 Å². The van der Waals surface area contributed by atoms with Gasteiger partial charge in [-0.25, -0.2) is 13.1 Å². The molecule has 0 radical (unpaired) electrons. The third-order valence-electron chi connectivity index (χ3n) is 4.12. The molecule has 2 rings (SSSR count). The van der Waals surface area contributed by atoms with Gasteiger partial charge < -0.3 is 5.32 Å². The van der Waals surface area contributed by atoms with Crippen molar-refractivity contribution in [1.29, 1.82) is 0 Å². The van der Waals surface area contributed by atoms with Gasteiger partial charge >= 0.3 is 0 Å².